The van der Waals surface area contributed by atoms with Crippen LogP contribution in [0.2, 0.25) is 0 Å². The van der Waals surface area contributed by atoms with Crippen LogP contribution in [0.5, 0.6) is 0 Å². The Morgan fingerprint density at radius 1 is 1.16 bits per heavy atom. The van der Waals surface area contributed by atoms with E-state index in [0.717, 1.165) is 23.8 Å². The topological polar surface area (TPSA) is 83.4 Å². The zero-order valence-corrected chi connectivity index (χ0v) is 22.5. The molecule has 0 radical (unpaired) electrons. The normalized spacial score (nSPS) is 22.5. The van der Waals surface area contributed by atoms with E-state index in [0.29, 0.717) is 12.8 Å². The predicted molar refractivity (Wildman–Crippen MR) is 143 cm³/mol. The number of nitrogens with one attached hydrogen (secondary N) is 1. The largest absolute Gasteiger partial charge is 0.451 e. The van der Waals surface area contributed by atoms with Crippen LogP contribution in [-0.4, -0.2) is 52.2 Å². The first-order chi connectivity index (χ1) is 17.9. The fourth-order valence-corrected chi connectivity index (χ4v) is 5.50. The van der Waals surface area contributed by atoms with Gasteiger partial charge in [-0.2, -0.15) is 14.6 Å². The molecule has 2 unspecified atom stereocenters. The molecule has 0 saturated carbocycles. The molecule has 2 aliphatic heterocycles. The molecule has 2 heterocycles. The van der Waals surface area contributed by atoms with E-state index in [2.05, 4.69) is 15.4 Å². The molecule has 2 aliphatic rings. The first kappa shape index (κ1) is 27.5. The van der Waals surface area contributed by atoms with E-state index in [1.54, 1.807) is 34.0 Å². The lowest BCUT2D eigenvalue weighted by atomic mass is 10.0. The van der Waals surface area contributed by atoms with Gasteiger partial charge < -0.3 is 10.1 Å². The molecule has 38 heavy (non-hydrogen) atoms. The molecule has 2 atom stereocenters. The third-order valence-electron chi connectivity index (χ3n) is 5.91. The van der Waals surface area contributed by atoms with Crippen molar-refractivity contribution < 1.29 is 27.6 Å². The number of hydrogen-bond acceptors (Lipinski definition) is 6. The van der Waals surface area contributed by atoms with Gasteiger partial charge in [0, 0.05) is 12.1 Å². The van der Waals surface area contributed by atoms with E-state index >= 15 is 0 Å². The van der Waals surface area contributed by atoms with Crippen LogP contribution in [0.15, 0.2) is 71.0 Å². The average molecular weight is 543 g/mol. The van der Waals surface area contributed by atoms with Crippen molar-refractivity contribution in [3.05, 3.63) is 83.7 Å². The number of alkyl carbamates (subject to hydrolysis) is 1. The third kappa shape index (κ3) is 5.78. The second kappa shape index (κ2) is 10.7. The number of ether oxygens (including phenoxy) is 1. The van der Waals surface area contributed by atoms with Gasteiger partial charge in [0.05, 0.1) is 13.2 Å². The molecule has 2 aromatic carbocycles. The Kier molecular flexibility index (Phi) is 7.70. The van der Waals surface area contributed by atoms with Crippen LogP contribution in [0.3, 0.4) is 0 Å². The molecular formula is C27H30F2N5O3S+. The first-order valence-electron chi connectivity index (χ1n) is 12.1. The summed E-state index contributed by atoms with van der Waals surface area (Å²) in [7, 11) is 1.66. The Bertz CT molecular complexity index is 1300. The van der Waals surface area contributed by atoms with Gasteiger partial charge in [-0.15, -0.1) is 0 Å². The highest BCUT2D eigenvalue weighted by Gasteiger charge is 2.54. The lowest BCUT2D eigenvalue weighted by molar-refractivity contribution is -0.671. The quantitative estimate of drug-likeness (QED) is 0.363. The number of carbonyl (C=O) groups is 2. The van der Waals surface area contributed by atoms with Crippen LogP contribution < -0.4 is 5.32 Å². The van der Waals surface area contributed by atoms with Crippen molar-refractivity contribution in [3.63, 3.8) is 0 Å². The molecule has 2 aromatic rings. The summed E-state index contributed by atoms with van der Waals surface area (Å²) in [4.78, 5) is 29.1. The summed E-state index contributed by atoms with van der Waals surface area (Å²) in [6.07, 6.45) is 4.84. The van der Waals surface area contributed by atoms with Gasteiger partial charge in [-0.25, -0.2) is 23.4 Å². The minimum absolute atomic E-state index is 0.0363. The van der Waals surface area contributed by atoms with Gasteiger partial charge in [0.2, 0.25) is 6.34 Å². The Hall–Kier alpha value is -3.57. The Morgan fingerprint density at radius 3 is 2.55 bits per heavy atom. The van der Waals surface area contributed by atoms with Crippen molar-refractivity contribution >= 4 is 35.3 Å². The number of carbonyl (C=O) groups excluding carboxylic acids is 2. The number of quaternary nitrogens is 1. The van der Waals surface area contributed by atoms with E-state index in [1.165, 1.54) is 29.3 Å². The van der Waals surface area contributed by atoms with Crippen molar-refractivity contribution in [2.75, 3.05) is 13.6 Å². The number of amides is 3. The van der Waals surface area contributed by atoms with Crippen LogP contribution in [0.4, 0.5) is 18.4 Å². The minimum Gasteiger partial charge on any atom is -0.444 e. The molecule has 0 bridgehead atoms. The van der Waals surface area contributed by atoms with Crippen LogP contribution in [-0.2, 0) is 9.61 Å². The van der Waals surface area contributed by atoms with Gasteiger partial charge in [0.15, 0.2) is 0 Å². The van der Waals surface area contributed by atoms with Gasteiger partial charge in [0.25, 0.3) is 0 Å². The summed E-state index contributed by atoms with van der Waals surface area (Å²) in [5.74, 6) is -1.27. The second-order valence-corrected chi connectivity index (χ2v) is 11.4. The summed E-state index contributed by atoms with van der Waals surface area (Å²) < 4.78 is 34.0. The molecule has 0 spiro atoms. The molecule has 8 nitrogen and oxygen atoms in total. The SMILES string of the molecule is CC(C)(C)OC(=O)NCCCC1(c2ccccc2)SC(c2cc(F)ccc2F)=NN1C(=O)[N+]1(C)C=CN=C1. The maximum atomic E-state index is 14.8. The fraction of sp³-hybridized carbons (Fsp3) is 0.333. The first-order valence-corrected chi connectivity index (χ1v) is 12.9. The smallest absolute Gasteiger partial charge is 0.444 e. The Morgan fingerprint density at radius 2 is 1.89 bits per heavy atom. The maximum Gasteiger partial charge on any atom is 0.451 e. The van der Waals surface area contributed by atoms with Crippen LogP contribution in [0.1, 0.15) is 44.7 Å². The number of aliphatic imine (C=N–C) groups is 1. The molecule has 1 N–H and O–H groups in total. The van der Waals surface area contributed by atoms with Crippen molar-refractivity contribution in [3.8, 4) is 0 Å². The van der Waals surface area contributed by atoms with E-state index in [9.17, 15) is 18.4 Å². The number of rotatable bonds is 6. The van der Waals surface area contributed by atoms with Gasteiger partial charge in [-0.05, 0) is 57.4 Å². The summed E-state index contributed by atoms with van der Waals surface area (Å²) in [5, 5.41) is 8.82. The second-order valence-electron chi connectivity index (χ2n) is 10.1. The van der Waals surface area contributed by atoms with Crippen molar-refractivity contribution in [1.29, 1.82) is 0 Å². The van der Waals surface area contributed by atoms with E-state index in [1.807, 2.05) is 30.3 Å². The monoisotopic (exact) mass is 542 g/mol. The molecular weight excluding hydrogens is 512 g/mol. The Labute approximate surface area is 224 Å². The standard InChI is InChI=1S/C27H29F2N5O3S/c1-26(2,3)37-24(35)31-14-8-13-27(19-9-6-5-7-10-19)33(25(36)34(4)16-15-30-18-34)32-23(38-27)21-17-20(28)11-12-22(21)29/h5-7,9-12,15-18H,8,13-14H2,1-4H3/p+1. The summed E-state index contributed by atoms with van der Waals surface area (Å²) in [5.41, 5.74) is 0.0742. The van der Waals surface area contributed by atoms with E-state index in [4.69, 9.17) is 4.74 Å². The van der Waals surface area contributed by atoms with Gasteiger partial charge in [-0.3, -0.25) is 0 Å². The lowest BCUT2D eigenvalue weighted by Crippen LogP contribution is -2.53. The molecule has 11 heteroatoms. The number of urea groups is 1. The number of hydrazone groups is 1. The van der Waals surface area contributed by atoms with Crippen molar-refractivity contribution in [2.45, 2.75) is 44.1 Å². The van der Waals surface area contributed by atoms with Gasteiger partial charge in [-0.1, -0.05) is 42.1 Å². The third-order valence-corrected chi connectivity index (χ3v) is 7.35. The van der Waals surface area contributed by atoms with Gasteiger partial charge >= 0.3 is 12.1 Å². The zero-order chi connectivity index (χ0) is 27.6. The Balaban J connectivity index is 1.71. The fourth-order valence-electron chi connectivity index (χ4n) is 4.09. The summed E-state index contributed by atoms with van der Waals surface area (Å²) in [6.45, 7) is 5.60. The number of thioether (sulfide) groups is 1. The van der Waals surface area contributed by atoms with Crippen LogP contribution in [0.25, 0.3) is 0 Å². The molecule has 0 saturated heterocycles. The van der Waals surface area contributed by atoms with Crippen LogP contribution in [0, 0.1) is 11.6 Å². The predicted octanol–water partition coefficient (Wildman–Crippen LogP) is 5.91. The van der Waals surface area contributed by atoms with Gasteiger partial charge in [0.1, 0.15) is 33.4 Å². The highest BCUT2D eigenvalue weighted by Crippen LogP contribution is 2.51. The number of hydrogen-bond donors (Lipinski definition) is 1. The maximum absolute atomic E-state index is 14.8. The molecule has 200 valence electrons. The van der Waals surface area contributed by atoms with Crippen molar-refractivity contribution in [2.24, 2.45) is 10.1 Å². The number of benzene rings is 2. The average Bonchev–Trinajstić information content (AvgIpc) is 3.48. The highest BCUT2D eigenvalue weighted by atomic mass is 32.2. The molecule has 3 amide bonds. The van der Waals surface area contributed by atoms with E-state index < -0.39 is 34.2 Å². The molecule has 0 aromatic heterocycles. The number of nitrogens with zero attached hydrogens (tertiary/aromatic N) is 4. The lowest BCUT2D eigenvalue weighted by Gasteiger charge is -2.37. The highest BCUT2D eigenvalue weighted by molar-refractivity contribution is 8.15. The summed E-state index contributed by atoms with van der Waals surface area (Å²) >= 11 is 1.18. The molecule has 0 fully saturated rings. The molecule has 4 rings (SSSR count). The van der Waals surface area contributed by atoms with Crippen molar-refractivity contribution in [1.82, 2.24) is 10.3 Å². The molecule has 0 aliphatic carbocycles. The van der Waals surface area contributed by atoms with Crippen LogP contribution >= 0.6 is 11.8 Å². The van der Waals surface area contributed by atoms with E-state index in [-0.39, 0.29) is 21.6 Å². The minimum atomic E-state index is -1.10. The zero-order valence-electron chi connectivity index (χ0n) is 21.6. The summed E-state index contributed by atoms with van der Waals surface area (Å²) in [6, 6.07) is 12.0. The number of halogens is 2.